The molecule has 0 aliphatic carbocycles. The number of methoxy groups -OCH3 is 1. The number of ether oxygens (including phenoxy) is 1. The van der Waals surface area contributed by atoms with Crippen molar-refractivity contribution < 1.29 is 9.53 Å². The van der Waals surface area contributed by atoms with Gasteiger partial charge in [-0.25, -0.2) is 0 Å². The third kappa shape index (κ3) is 2.19. The van der Waals surface area contributed by atoms with Gasteiger partial charge in [-0.3, -0.25) is 9.78 Å². The third-order valence-electron chi connectivity index (χ3n) is 2.60. The predicted molar refractivity (Wildman–Crippen MR) is 62.1 cm³/mol. The molecule has 0 saturated heterocycles. The zero-order chi connectivity index (χ0) is 11.4. The summed E-state index contributed by atoms with van der Waals surface area (Å²) in [5.74, 6) is -0.175. The third-order valence-corrected chi connectivity index (χ3v) is 2.60. The van der Waals surface area contributed by atoms with Crippen molar-refractivity contribution in [2.45, 2.75) is 12.8 Å². The molecule has 82 valence electrons. The van der Waals surface area contributed by atoms with E-state index in [2.05, 4.69) is 9.72 Å². The maximum absolute atomic E-state index is 11.1. The zero-order valence-electron chi connectivity index (χ0n) is 9.14. The van der Waals surface area contributed by atoms with E-state index in [0.717, 1.165) is 16.3 Å². The Bertz CT molecular complexity index is 503. The van der Waals surface area contributed by atoms with Gasteiger partial charge >= 0.3 is 5.97 Å². The minimum atomic E-state index is -0.175. The molecule has 1 aromatic heterocycles. The number of rotatable bonds is 3. The van der Waals surface area contributed by atoms with Gasteiger partial charge in [0, 0.05) is 24.2 Å². The van der Waals surface area contributed by atoms with Crippen molar-refractivity contribution in [1.29, 1.82) is 0 Å². The van der Waals surface area contributed by atoms with Crippen LogP contribution in [0.5, 0.6) is 0 Å². The molecule has 1 heterocycles. The minimum absolute atomic E-state index is 0.175. The normalized spacial score (nSPS) is 10.3. The van der Waals surface area contributed by atoms with E-state index >= 15 is 0 Å². The molecule has 2 aromatic rings. The number of aryl methyl sites for hydroxylation is 1. The van der Waals surface area contributed by atoms with E-state index in [1.807, 2.05) is 30.5 Å². The SMILES string of the molecule is COC(=O)CCc1cccc2cnccc12. The quantitative estimate of drug-likeness (QED) is 0.738. The Hall–Kier alpha value is -1.90. The number of fused-ring (bicyclic) bond motifs is 1. The van der Waals surface area contributed by atoms with Gasteiger partial charge in [0.15, 0.2) is 0 Å². The fraction of sp³-hybridized carbons (Fsp3) is 0.231. The molecule has 0 radical (unpaired) electrons. The molecular formula is C13H13NO2. The Balaban J connectivity index is 2.27. The lowest BCUT2D eigenvalue weighted by atomic mass is 10.0. The summed E-state index contributed by atoms with van der Waals surface area (Å²) in [5, 5.41) is 2.26. The number of esters is 1. The number of nitrogens with zero attached hydrogens (tertiary/aromatic N) is 1. The van der Waals surface area contributed by atoms with Crippen LogP contribution in [0.1, 0.15) is 12.0 Å². The van der Waals surface area contributed by atoms with E-state index in [9.17, 15) is 4.79 Å². The summed E-state index contributed by atoms with van der Waals surface area (Å²) in [5.41, 5.74) is 1.16. The van der Waals surface area contributed by atoms with Crippen LogP contribution in [0.4, 0.5) is 0 Å². The van der Waals surface area contributed by atoms with Crippen molar-refractivity contribution in [3.63, 3.8) is 0 Å². The van der Waals surface area contributed by atoms with Gasteiger partial charge in [-0.15, -0.1) is 0 Å². The topological polar surface area (TPSA) is 39.2 Å². The van der Waals surface area contributed by atoms with E-state index in [-0.39, 0.29) is 5.97 Å². The number of carbonyl (C=O) groups excluding carboxylic acids is 1. The monoisotopic (exact) mass is 215 g/mol. The average molecular weight is 215 g/mol. The van der Waals surface area contributed by atoms with Gasteiger partial charge in [-0.05, 0) is 23.4 Å². The van der Waals surface area contributed by atoms with Crippen LogP contribution in [0.2, 0.25) is 0 Å². The molecule has 0 spiro atoms. The van der Waals surface area contributed by atoms with Crippen molar-refractivity contribution in [3.8, 4) is 0 Å². The molecule has 0 atom stereocenters. The van der Waals surface area contributed by atoms with Gasteiger partial charge in [0.1, 0.15) is 0 Å². The molecule has 2 rings (SSSR count). The Morgan fingerprint density at radius 3 is 3.06 bits per heavy atom. The summed E-state index contributed by atoms with van der Waals surface area (Å²) in [7, 11) is 1.41. The largest absolute Gasteiger partial charge is 0.469 e. The van der Waals surface area contributed by atoms with E-state index < -0.39 is 0 Å². The van der Waals surface area contributed by atoms with Crippen LogP contribution in [0.3, 0.4) is 0 Å². The second-order valence-corrected chi connectivity index (χ2v) is 3.59. The molecule has 1 aromatic carbocycles. The lowest BCUT2D eigenvalue weighted by Crippen LogP contribution is -2.02. The van der Waals surface area contributed by atoms with E-state index in [1.165, 1.54) is 7.11 Å². The second kappa shape index (κ2) is 4.75. The van der Waals surface area contributed by atoms with E-state index in [4.69, 9.17) is 0 Å². The molecule has 0 aliphatic heterocycles. The van der Waals surface area contributed by atoms with Crippen LogP contribution in [0.15, 0.2) is 36.7 Å². The van der Waals surface area contributed by atoms with Gasteiger partial charge in [-0.1, -0.05) is 18.2 Å². The maximum atomic E-state index is 11.1. The average Bonchev–Trinajstić information content (AvgIpc) is 2.35. The highest BCUT2D eigenvalue weighted by Crippen LogP contribution is 2.18. The number of benzene rings is 1. The smallest absolute Gasteiger partial charge is 0.305 e. The minimum Gasteiger partial charge on any atom is -0.469 e. The van der Waals surface area contributed by atoms with Crippen molar-refractivity contribution in [2.24, 2.45) is 0 Å². The fourth-order valence-electron chi connectivity index (χ4n) is 1.75. The molecule has 0 aliphatic rings. The van der Waals surface area contributed by atoms with Gasteiger partial charge in [0.2, 0.25) is 0 Å². The standard InChI is InChI=1S/C13H13NO2/c1-16-13(15)6-5-10-3-2-4-11-9-14-8-7-12(10)11/h2-4,7-9H,5-6H2,1H3. The van der Waals surface area contributed by atoms with Gasteiger partial charge in [0.25, 0.3) is 0 Å². The Morgan fingerprint density at radius 1 is 1.38 bits per heavy atom. The van der Waals surface area contributed by atoms with Crippen LogP contribution in [-0.4, -0.2) is 18.1 Å². The highest BCUT2D eigenvalue weighted by molar-refractivity contribution is 5.85. The van der Waals surface area contributed by atoms with Crippen molar-refractivity contribution >= 4 is 16.7 Å². The number of aromatic nitrogens is 1. The molecule has 0 unspecified atom stereocenters. The Labute approximate surface area is 94.1 Å². The Morgan fingerprint density at radius 2 is 2.25 bits per heavy atom. The molecule has 3 nitrogen and oxygen atoms in total. The number of hydrogen-bond donors (Lipinski definition) is 0. The molecule has 0 amide bonds. The first-order valence-corrected chi connectivity index (χ1v) is 5.19. The van der Waals surface area contributed by atoms with Crippen LogP contribution in [0, 0.1) is 0 Å². The fourth-order valence-corrected chi connectivity index (χ4v) is 1.75. The molecule has 16 heavy (non-hydrogen) atoms. The van der Waals surface area contributed by atoms with Crippen LogP contribution >= 0.6 is 0 Å². The first-order valence-electron chi connectivity index (χ1n) is 5.19. The van der Waals surface area contributed by atoms with Gasteiger partial charge in [-0.2, -0.15) is 0 Å². The van der Waals surface area contributed by atoms with Crippen molar-refractivity contribution in [2.75, 3.05) is 7.11 Å². The molecule has 3 heteroatoms. The van der Waals surface area contributed by atoms with E-state index in [1.54, 1.807) is 6.20 Å². The maximum Gasteiger partial charge on any atom is 0.305 e. The lowest BCUT2D eigenvalue weighted by molar-refractivity contribution is -0.140. The van der Waals surface area contributed by atoms with Gasteiger partial charge in [0.05, 0.1) is 7.11 Å². The van der Waals surface area contributed by atoms with Crippen LogP contribution in [-0.2, 0) is 16.0 Å². The highest BCUT2D eigenvalue weighted by atomic mass is 16.5. The van der Waals surface area contributed by atoms with Crippen molar-refractivity contribution in [1.82, 2.24) is 4.98 Å². The summed E-state index contributed by atoms with van der Waals surface area (Å²) in [6.45, 7) is 0. The second-order valence-electron chi connectivity index (χ2n) is 3.59. The summed E-state index contributed by atoms with van der Waals surface area (Å²) < 4.78 is 4.63. The van der Waals surface area contributed by atoms with Crippen molar-refractivity contribution in [3.05, 3.63) is 42.2 Å². The zero-order valence-corrected chi connectivity index (χ0v) is 9.14. The summed E-state index contributed by atoms with van der Waals surface area (Å²) >= 11 is 0. The van der Waals surface area contributed by atoms with Crippen LogP contribution in [0.25, 0.3) is 10.8 Å². The predicted octanol–water partition coefficient (Wildman–Crippen LogP) is 2.34. The first kappa shape index (κ1) is 10.6. The number of hydrogen-bond acceptors (Lipinski definition) is 3. The highest BCUT2D eigenvalue weighted by Gasteiger charge is 2.04. The first-order chi connectivity index (χ1) is 7.81. The lowest BCUT2D eigenvalue weighted by Gasteiger charge is -2.05. The summed E-state index contributed by atoms with van der Waals surface area (Å²) in [6, 6.07) is 8.01. The Kier molecular flexibility index (Phi) is 3.15. The molecular weight excluding hydrogens is 202 g/mol. The van der Waals surface area contributed by atoms with Gasteiger partial charge < -0.3 is 4.74 Å². The number of carbonyl (C=O) groups is 1. The number of pyridine rings is 1. The summed E-state index contributed by atoms with van der Waals surface area (Å²) in [4.78, 5) is 15.2. The molecule has 0 bridgehead atoms. The van der Waals surface area contributed by atoms with Crippen LogP contribution < -0.4 is 0 Å². The van der Waals surface area contributed by atoms with E-state index in [0.29, 0.717) is 12.8 Å². The summed E-state index contributed by atoms with van der Waals surface area (Å²) in [6.07, 6.45) is 4.72. The molecule has 0 fully saturated rings. The molecule has 0 saturated carbocycles. The molecule has 0 N–H and O–H groups in total.